The van der Waals surface area contributed by atoms with Crippen LogP contribution in [0.1, 0.15) is 10.4 Å². The molecule has 0 aromatic heterocycles. The topological polar surface area (TPSA) is 17.1 Å². The van der Waals surface area contributed by atoms with Crippen LogP contribution in [0.4, 0.5) is 0 Å². The maximum absolute atomic E-state index is 11.0. The molecule has 0 radical (unpaired) electrons. The van der Waals surface area contributed by atoms with Crippen molar-refractivity contribution >= 4 is 37.6 Å². The molecule has 0 heterocycles. The number of carbonyl (C=O) groups excluding carboxylic acids is 1. The average Bonchev–Trinajstić information content (AvgIpc) is 2.01. The van der Waals surface area contributed by atoms with Crippen LogP contribution < -0.4 is 0 Å². The first-order valence-corrected chi connectivity index (χ1v) is 4.69. The summed E-state index contributed by atoms with van der Waals surface area (Å²) in [7, 11) is 0. The molecular weight excluding hydrogens is 284 g/mol. The minimum Gasteiger partial charge on any atom is -0.279 e. The Morgan fingerprint density at radius 2 is 1.75 bits per heavy atom. The van der Waals surface area contributed by atoms with Gasteiger partial charge < -0.3 is 0 Å². The summed E-state index contributed by atoms with van der Waals surface area (Å²) in [6.07, 6.45) is 4.97. The van der Waals surface area contributed by atoms with Crippen LogP contribution in [0.5, 0.6) is 0 Å². The van der Waals surface area contributed by atoms with Crippen LogP contribution in [-0.2, 0) is 0 Å². The molecular formula is C9H4Br2O. The average molecular weight is 288 g/mol. The summed E-state index contributed by atoms with van der Waals surface area (Å²) in [5, 5.41) is 0. The van der Waals surface area contributed by atoms with Gasteiger partial charge in [0.2, 0.25) is 5.78 Å². The molecule has 1 aromatic carbocycles. The van der Waals surface area contributed by atoms with Crippen molar-refractivity contribution in [2.24, 2.45) is 0 Å². The lowest BCUT2D eigenvalue weighted by Crippen LogP contribution is -1.93. The van der Waals surface area contributed by atoms with E-state index in [4.69, 9.17) is 6.42 Å². The van der Waals surface area contributed by atoms with Gasteiger partial charge >= 0.3 is 0 Å². The lowest BCUT2D eigenvalue weighted by atomic mass is 10.1. The highest BCUT2D eigenvalue weighted by Crippen LogP contribution is 2.20. The molecule has 0 saturated carbocycles. The van der Waals surface area contributed by atoms with E-state index in [-0.39, 0.29) is 5.78 Å². The van der Waals surface area contributed by atoms with Crippen molar-refractivity contribution in [2.75, 3.05) is 0 Å². The Labute approximate surface area is 87.4 Å². The molecule has 0 aliphatic rings. The first-order chi connectivity index (χ1) is 5.63. The van der Waals surface area contributed by atoms with E-state index in [0.29, 0.717) is 5.56 Å². The second-order valence-corrected chi connectivity index (χ2v) is 3.96. The van der Waals surface area contributed by atoms with Gasteiger partial charge in [-0.1, -0.05) is 31.9 Å². The largest absolute Gasteiger partial charge is 0.279 e. The summed E-state index contributed by atoms with van der Waals surface area (Å²) in [6.45, 7) is 0. The number of hydrogen-bond acceptors (Lipinski definition) is 1. The highest BCUT2D eigenvalue weighted by atomic mass is 79.9. The maximum Gasteiger partial charge on any atom is 0.235 e. The van der Waals surface area contributed by atoms with Gasteiger partial charge in [-0.3, -0.25) is 4.79 Å². The second-order valence-electron chi connectivity index (χ2n) is 2.13. The van der Waals surface area contributed by atoms with E-state index in [1.807, 2.05) is 6.07 Å². The van der Waals surface area contributed by atoms with E-state index >= 15 is 0 Å². The first kappa shape index (κ1) is 9.50. The van der Waals surface area contributed by atoms with E-state index < -0.39 is 0 Å². The third-order valence-electron chi connectivity index (χ3n) is 1.26. The summed E-state index contributed by atoms with van der Waals surface area (Å²) < 4.78 is 1.66. The van der Waals surface area contributed by atoms with Crippen LogP contribution in [0.3, 0.4) is 0 Å². The Balaban J connectivity index is 3.19. The van der Waals surface area contributed by atoms with Gasteiger partial charge in [-0.2, -0.15) is 0 Å². The van der Waals surface area contributed by atoms with E-state index in [9.17, 15) is 4.79 Å². The summed E-state index contributed by atoms with van der Waals surface area (Å²) in [5.74, 6) is 1.75. The molecule has 0 amide bonds. The van der Waals surface area contributed by atoms with E-state index in [1.165, 1.54) is 0 Å². The van der Waals surface area contributed by atoms with Gasteiger partial charge in [-0.05, 0) is 24.1 Å². The molecule has 1 nitrogen and oxygen atoms in total. The number of rotatable bonds is 1. The summed E-state index contributed by atoms with van der Waals surface area (Å²) in [5.41, 5.74) is 0.513. The van der Waals surface area contributed by atoms with Crippen LogP contribution in [0.25, 0.3) is 0 Å². The molecule has 1 aromatic rings. The Kier molecular flexibility index (Phi) is 3.07. The molecule has 0 bridgehead atoms. The van der Waals surface area contributed by atoms with Crippen molar-refractivity contribution in [2.45, 2.75) is 0 Å². The monoisotopic (exact) mass is 286 g/mol. The zero-order valence-electron chi connectivity index (χ0n) is 5.97. The number of hydrogen-bond donors (Lipinski definition) is 0. The number of benzene rings is 1. The fourth-order valence-corrected chi connectivity index (χ4v) is 2.06. The first-order valence-electron chi connectivity index (χ1n) is 3.10. The quantitative estimate of drug-likeness (QED) is 0.441. The van der Waals surface area contributed by atoms with Crippen molar-refractivity contribution in [3.05, 3.63) is 32.7 Å². The summed E-state index contributed by atoms with van der Waals surface area (Å²) >= 11 is 6.52. The van der Waals surface area contributed by atoms with Crippen LogP contribution in [-0.4, -0.2) is 5.78 Å². The van der Waals surface area contributed by atoms with Gasteiger partial charge in [0, 0.05) is 14.5 Å². The zero-order chi connectivity index (χ0) is 9.14. The summed E-state index contributed by atoms with van der Waals surface area (Å²) in [4.78, 5) is 11.0. The van der Waals surface area contributed by atoms with Crippen molar-refractivity contribution in [3.8, 4) is 12.3 Å². The second kappa shape index (κ2) is 3.88. The molecule has 60 valence electrons. The number of Topliss-reactive ketones (excluding diaryl/α,β-unsaturated/α-hetero) is 1. The Hall–Kier alpha value is -0.590. The molecule has 0 aliphatic heterocycles. The standard InChI is InChI=1S/C9H4Br2O/c1-2-9(12)6-3-7(10)5-8(11)4-6/h1,3-5H. The minimum atomic E-state index is -0.308. The van der Waals surface area contributed by atoms with Gasteiger partial charge in [0.1, 0.15) is 0 Å². The SMILES string of the molecule is C#CC(=O)c1cc(Br)cc(Br)c1. The smallest absolute Gasteiger partial charge is 0.235 e. The van der Waals surface area contributed by atoms with Gasteiger partial charge in [0.05, 0.1) is 0 Å². The predicted molar refractivity (Wildman–Crippen MR) is 55.0 cm³/mol. The minimum absolute atomic E-state index is 0.308. The molecule has 12 heavy (non-hydrogen) atoms. The lowest BCUT2D eigenvalue weighted by molar-refractivity contribution is 0.105. The maximum atomic E-state index is 11.0. The highest BCUT2D eigenvalue weighted by molar-refractivity contribution is 9.11. The number of halogens is 2. The third-order valence-corrected chi connectivity index (χ3v) is 2.17. The molecule has 1 rings (SSSR count). The van der Waals surface area contributed by atoms with Gasteiger partial charge in [-0.15, -0.1) is 6.42 Å². The molecule has 0 unspecified atom stereocenters. The summed E-state index contributed by atoms with van der Waals surface area (Å²) in [6, 6.07) is 5.22. The Morgan fingerprint density at radius 1 is 1.25 bits per heavy atom. The molecule has 0 saturated heterocycles. The van der Waals surface area contributed by atoms with Crippen LogP contribution >= 0.6 is 31.9 Å². The number of ketones is 1. The normalized spacial score (nSPS) is 9.08. The molecule has 0 spiro atoms. The van der Waals surface area contributed by atoms with Crippen molar-refractivity contribution in [1.82, 2.24) is 0 Å². The Bertz CT molecular complexity index is 343. The lowest BCUT2D eigenvalue weighted by Gasteiger charge is -1.96. The van der Waals surface area contributed by atoms with Gasteiger partial charge in [0.15, 0.2) is 0 Å². The fourth-order valence-electron chi connectivity index (χ4n) is 0.768. The molecule has 0 N–H and O–H groups in total. The van der Waals surface area contributed by atoms with Crippen LogP contribution in [0, 0.1) is 12.3 Å². The number of terminal acetylenes is 1. The molecule has 3 heteroatoms. The predicted octanol–water partition coefficient (Wildman–Crippen LogP) is 3.03. The van der Waals surface area contributed by atoms with Crippen molar-refractivity contribution in [1.29, 1.82) is 0 Å². The van der Waals surface area contributed by atoms with E-state index in [1.54, 1.807) is 12.1 Å². The zero-order valence-corrected chi connectivity index (χ0v) is 9.15. The van der Waals surface area contributed by atoms with Crippen molar-refractivity contribution < 1.29 is 4.79 Å². The molecule has 0 fully saturated rings. The van der Waals surface area contributed by atoms with Gasteiger partial charge in [0.25, 0.3) is 0 Å². The van der Waals surface area contributed by atoms with E-state index in [0.717, 1.165) is 8.95 Å². The van der Waals surface area contributed by atoms with Crippen LogP contribution in [0.2, 0.25) is 0 Å². The number of carbonyl (C=O) groups is 1. The Morgan fingerprint density at radius 3 is 2.17 bits per heavy atom. The molecule has 0 atom stereocenters. The third kappa shape index (κ3) is 2.20. The fraction of sp³-hybridized carbons (Fsp3) is 0. The molecule has 0 aliphatic carbocycles. The highest BCUT2D eigenvalue weighted by Gasteiger charge is 2.03. The van der Waals surface area contributed by atoms with Gasteiger partial charge in [-0.25, -0.2) is 0 Å². The van der Waals surface area contributed by atoms with Crippen molar-refractivity contribution in [3.63, 3.8) is 0 Å². The van der Waals surface area contributed by atoms with E-state index in [2.05, 4.69) is 37.8 Å². The van der Waals surface area contributed by atoms with Crippen LogP contribution in [0.15, 0.2) is 27.1 Å².